The fourth-order valence-corrected chi connectivity index (χ4v) is 3.23. The number of hydrogen-bond donors (Lipinski definition) is 0. The van der Waals surface area contributed by atoms with Gasteiger partial charge in [0.1, 0.15) is 10.0 Å². The minimum Gasteiger partial charge on any atom is -0.362 e. The number of rotatable bonds is 6. The average molecular weight is 275 g/mol. The first-order valence-electron chi connectivity index (χ1n) is 6.90. The summed E-state index contributed by atoms with van der Waals surface area (Å²) in [7, 11) is 0. The molecule has 0 spiro atoms. The molecule has 0 amide bonds. The van der Waals surface area contributed by atoms with Crippen LogP contribution in [0.4, 0.5) is 5.00 Å². The van der Waals surface area contributed by atoms with Crippen LogP contribution in [-0.4, -0.2) is 23.1 Å². The van der Waals surface area contributed by atoms with Crippen LogP contribution in [0.2, 0.25) is 0 Å². The second kappa shape index (κ2) is 6.66. The molecule has 2 aromatic rings. The lowest BCUT2D eigenvalue weighted by molar-refractivity contribution is 0.747. The van der Waals surface area contributed by atoms with Crippen molar-refractivity contribution in [2.75, 3.05) is 18.0 Å². The van der Waals surface area contributed by atoms with E-state index in [1.165, 1.54) is 5.00 Å². The molecule has 19 heavy (non-hydrogen) atoms. The smallest absolute Gasteiger partial charge is 0.144 e. The van der Waals surface area contributed by atoms with E-state index in [0.717, 1.165) is 42.3 Å². The first kappa shape index (κ1) is 14.0. The first-order chi connectivity index (χ1) is 9.26. The first-order valence-corrected chi connectivity index (χ1v) is 7.71. The lowest BCUT2D eigenvalue weighted by Crippen LogP contribution is -2.24. The number of hydrogen-bond acceptors (Lipinski definition) is 4. The topological polar surface area (TPSA) is 29.0 Å². The quantitative estimate of drug-likeness (QED) is 0.793. The van der Waals surface area contributed by atoms with E-state index in [9.17, 15) is 0 Å². The van der Waals surface area contributed by atoms with Crippen molar-refractivity contribution in [3.63, 3.8) is 0 Å². The lowest BCUT2D eigenvalue weighted by atomic mass is 10.3. The molecule has 0 aliphatic carbocycles. The van der Waals surface area contributed by atoms with Crippen LogP contribution in [0.1, 0.15) is 32.4 Å². The zero-order chi connectivity index (χ0) is 13.7. The van der Waals surface area contributed by atoms with E-state index >= 15 is 0 Å². The molecule has 0 aromatic carbocycles. The van der Waals surface area contributed by atoms with Gasteiger partial charge in [-0.15, -0.1) is 0 Å². The molecular formula is C15H21N3S. The number of pyridine rings is 1. The van der Waals surface area contributed by atoms with E-state index in [-0.39, 0.29) is 0 Å². The summed E-state index contributed by atoms with van der Waals surface area (Å²) in [4.78, 5) is 11.5. The summed E-state index contributed by atoms with van der Waals surface area (Å²) >= 11 is 1.75. The van der Waals surface area contributed by atoms with Gasteiger partial charge < -0.3 is 4.90 Å². The molecule has 0 saturated heterocycles. The summed E-state index contributed by atoms with van der Waals surface area (Å²) in [6.07, 6.45) is 4.15. The summed E-state index contributed by atoms with van der Waals surface area (Å²) in [5, 5.41) is 2.31. The second-order valence-corrected chi connectivity index (χ2v) is 5.59. The fourth-order valence-electron chi connectivity index (χ4n) is 2.14. The van der Waals surface area contributed by atoms with Crippen molar-refractivity contribution in [3.8, 4) is 10.7 Å². The van der Waals surface area contributed by atoms with Gasteiger partial charge in [-0.3, -0.25) is 4.98 Å². The molecule has 0 unspecified atom stereocenters. The number of nitrogens with zero attached hydrogens (tertiary/aromatic N) is 3. The molecule has 0 fully saturated rings. The van der Waals surface area contributed by atoms with E-state index in [2.05, 4.69) is 35.6 Å². The molecule has 0 N–H and O–H groups in total. The Bertz CT molecular complexity index is 501. The minimum atomic E-state index is 0.967. The summed E-state index contributed by atoms with van der Waals surface area (Å²) in [5.74, 6) is 0. The van der Waals surface area contributed by atoms with Gasteiger partial charge in [-0.1, -0.05) is 31.3 Å². The van der Waals surface area contributed by atoms with Gasteiger partial charge in [0.2, 0.25) is 0 Å². The van der Waals surface area contributed by atoms with Gasteiger partial charge in [-0.25, -0.2) is 4.98 Å². The molecule has 2 heterocycles. The lowest BCUT2D eigenvalue weighted by Gasteiger charge is -2.22. The van der Waals surface area contributed by atoms with Crippen LogP contribution in [0.25, 0.3) is 10.7 Å². The zero-order valence-electron chi connectivity index (χ0n) is 11.9. The summed E-state index contributed by atoms with van der Waals surface area (Å²) in [6, 6.07) is 5.96. The van der Waals surface area contributed by atoms with E-state index in [4.69, 9.17) is 0 Å². The fraction of sp³-hybridized carbons (Fsp3) is 0.467. The van der Waals surface area contributed by atoms with Crippen LogP contribution in [0.15, 0.2) is 24.4 Å². The Kier molecular flexibility index (Phi) is 4.91. The van der Waals surface area contributed by atoms with E-state index in [1.807, 2.05) is 24.4 Å². The summed E-state index contributed by atoms with van der Waals surface area (Å²) in [5.41, 5.74) is 2.09. The molecule has 2 aromatic heterocycles. The van der Waals surface area contributed by atoms with Crippen LogP contribution in [0, 0.1) is 6.92 Å². The SMILES string of the molecule is CCCN(CCC)c1sc(-c2ccccn2)nc1C. The second-order valence-electron chi connectivity index (χ2n) is 4.61. The minimum absolute atomic E-state index is 0.967. The van der Waals surface area contributed by atoms with Gasteiger partial charge in [0, 0.05) is 19.3 Å². The zero-order valence-corrected chi connectivity index (χ0v) is 12.7. The number of anilines is 1. The van der Waals surface area contributed by atoms with Gasteiger partial charge in [-0.2, -0.15) is 0 Å². The molecule has 0 atom stereocenters. The monoisotopic (exact) mass is 275 g/mol. The van der Waals surface area contributed by atoms with Crippen LogP contribution < -0.4 is 4.90 Å². The van der Waals surface area contributed by atoms with Crippen molar-refractivity contribution in [1.82, 2.24) is 9.97 Å². The third-order valence-corrected chi connectivity index (χ3v) is 4.17. The van der Waals surface area contributed by atoms with Gasteiger partial charge in [0.15, 0.2) is 0 Å². The van der Waals surface area contributed by atoms with E-state index in [1.54, 1.807) is 11.3 Å². The van der Waals surface area contributed by atoms with Gasteiger partial charge in [0.05, 0.1) is 11.4 Å². The molecule has 0 aliphatic heterocycles. The predicted molar refractivity (Wildman–Crippen MR) is 82.9 cm³/mol. The van der Waals surface area contributed by atoms with Crippen LogP contribution in [0.3, 0.4) is 0 Å². The Morgan fingerprint density at radius 1 is 1.16 bits per heavy atom. The normalized spacial score (nSPS) is 10.7. The molecule has 3 nitrogen and oxygen atoms in total. The Hall–Kier alpha value is -1.42. The van der Waals surface area contributed by atoms with Crippen molar-refractivity contribution in [1.29, 1.82) is 0 Å². The third kappa shape index (κ3) is 3.32. The number of aryl methyl sites for hydroxylation is 1. The maximum Gasteiger partial charge on any atom is 0.144 e. The van der Waals surface area contributed by atoms with Crippen LogP contribution >= 0.6 is 11.3 Å². The number of thiazole rings is 1. The molecule has 102 valence electrons. The maximum absolute atomic E-state index is 4.68. The Balaban J connectivity index is 2.29. The molecule has 0 aliphatic rings. The average Bonchev–Trinajstić information content (AvgIpc) is 2.82. The van der Waals surface area contributed by atoms with Crippen molar-refractivity contribution < 1.29 is 0 Å². The highest BCUT2D eigenvalue weighted by Crippen LogP contribution is 2.33. The van der Waals surface area contributed by atoms with Crippen LogP contribution in [0.5, 0.6) is 0 Å². The van der Waals surface area contributed by atoms with Gasteiger partial charge in [0.25, 0.3) is 0 Å². The Morgan fingerprint density at radius 3 is 2.47 bits per heavy atom. The molecule has 0 radical (unpaired) electrons. The summed E-state index contributed by atoms with van der Waals surface area (Å²) < 4.78 is 0. The molecule has 4 heteroatoms. The molecule has 0 saturated carbocycles. The highest BCUT2D eigenvalue weighted by molar-refractivity contribution is 7.19. The Morgan fingerprint density at radius 2 is 1.89 bits per heavy atom. The van der Waals surface area contributed by atoms with Crippen LogP contribution in [-0.2, 0) is 0 Å². The molecular weight excluding hydrogens is 254 g/mol. The van der Waals surface area contributed by atoms with E-state index < -0.39 is 0 Å². The standard InChI is InChI=1S/C15H21N3S/c1-4-10-18(11-5-2)15-12(3)17-14(19-15)13-8-6-7-9-16-13/h6-9H,4-5,10-11H2,1-3H3. The largest absolute Gasteiger partial charge is 0.362 e. The molecule has 0 bridgehead atoms. The van der Waals surface area contributed by atoms with Crippen molar-refractivity contribution in [3.05, 3.63) is 30.1 Å². The summed E-state index contributed by atoms with van der Waals surface area (Å²) in [6.45, 7) is 8.73. The van der Waals surface area contributed by atoms with Crippen molar-refractivity contribution in [2.45, 2.75) is 33.6 Å². The third-order valence-electron chi connectivity index (χ3n) is 2.93. The van der Waals surface area contributed by atoms with Crippen molar-refractivity contribution >= 4 is 16.3 Å². The highest BCUT2D eigenvalue weighted by atomic mass is 32.1. The predicted octanol–water partition coefficient (Wildman–Crippen LogP) is 4.14. The maximum atomic E-state index is 4.68. The van der Waals surface area contributed by atoms with E-state index in [0.29, 0.717) is 0 Å². The number of aromatic nitrogens is 2. The highest BCUT2D eigenvalue weighted by Gasteiger charge is 2.15. The Labute approximate surface area is 119 Å². The van der Waals surface area contributed by atoms with Gasteiger partial charge in [-0.05, 0) is 31.9 Å². The van der Waals surface area contributed by atoms with Gasteiger partial charge >= 0.3 is 0 Å². The van der Waals surface area contributed by atoms with Crippen molar-refractivity contribution in [2.24, 2.45) is 0 Å². The molecule has 2 rings (SSSR count).